The first-order valence-electron chi connectivity index (χ1n) is 7.58. The topological polar surface area (TPSA) is 130 Å². The third kappa shape index (κ3) is 3.51. The van der Waals surface area contributed by atoms with Gasteiger partial charge >= 0.3 is 11.6 Å². The van der Waals surface area contributed by atoms with Crippen LogP contribution in [0.3, 0.4) is 0 Å². The number of rotatable bonds is 5. The number of aromatic nitrogens is 1. The summed E-state index contributed by atoms with van der Waals surface area (Å²) in [5.41, 5.74) is 1.51. The maximum absolute atomic E-state index is 11.9. The van der Waals surface area contributed by atoms with Crippen molar-refractivity contribution in [1.82, 2.24) is 4.98 Å². The molecule has 3 aromatic rings. The molecule has 0 atom stereocenters. The maximum Gasteiger partial charge on any atom is 0.310 e. The lowest BCUT2D eigenvalue weighted by Gasteiger charge is -2.03. The van der Waals surface area contributed by atoms with E-state index in [-0.39, 0.29) is 23.0 Å². The van der Waals surface area contributed by atoms with Crippen molar-refractivity contribution in [2.75, 3.05) is 6.61 Å². The molecule has 26 heavy (non-hydrogen) atoms. The fourth-order valence-electron chi connectivity index (χ4n) is 2.38. The van der Waals surface area contributed by atoms with Crippen LogP contribution in [-0.4, -0.2) is 27.5 Å². The van der Waals surface area contributed by atoms with E-state index in [4.69, 9.17) is 4.74 Å². The van der Waals surface area contributed by atoms with Gasteiger partial charge in [-0.15, -0.1) is 10.2 Å². The van der Waals surface area contributed by atoms with E-state index in [2.05, 4.69) is 15.2 Å². The zero-order valence-electron chi connectivity index (χ0n) is 13.7. The second-order valence-corrected chi connectivity index (χ2v) is 5.48. The zero-order valence-corrected chi connectivity index (χ0v) is 13.7. The van der Waals surface area contributed by atoms with E-state index >= 15 is 0 Å². The summed E-state index contributed by atoms with van der Waals surface area (Å²) in [6.45, 7) is 1.37. The fourth-order valence-corrected chi connectivity index (χ4v) is 2.38. The first-order chi connectivity index (χ1) is 12.5. The van der Waals surface area contributed by atoms with E-state index < -0.39 is 17.4 Å². The Morgan fingerprint density at radius 2 is 2.08 bits per heavy atom. The van der Waals surface area contributed by atoms with E-state index in [1.807, 2.05) is 13.0 Å². The number of aromatic amines is 1. The summed E-state index contributed by atoms with van der Waals surface area (Å²) in [6.07, 6.45) is 0. The molecule has 1 heterocycles. The van der Waals surface area contributed by atoms with Crippen LogP contribution in [0.2, 0.25) is 0 Å². The molecule has 0 aliphatic carbocycles. The van der Waals surface area contributed by atoms with Gasteiger partial charge in [-0.25, -0.2) is 0 Å². The number of carbonyl (C=O) groups excluding carboxylic acids is 1. The zero-order chi connectivity index (χ0) is 18.7. The summed E-state index contributed by atoms with van der Waals surface area (Å²) in [5.74, 6) is -0.988. The molecule has 9 heteroatoms. The molecule has 1 aromatic heterocycles. The molecule has 132 valence electrons. The molecule has 2 aromatic carbocycles. The lowest BCUT2D eigenvalue weighted by molar-refractivity contribution is -0.385. The van der Waals surface area contributed by atoms with Crippen LogP contribution in [-0.2, 0) is 4.79 Å². The van der Waals surface area contributed by atoms with Gasteiger partial charge in [0.2, 0.25) is 5.88 Å². The van der Waals surface area contributed by atoms with Gasteiger partial charge in [0.15, 0.2) is 18.0 Å². The Morgan fingerprint density at radius 3 is 2.85 bits per heavy atom. The van der Waals surface area contributed by atoms with Crippen molar-refractivity contribution in [1.29, 1.82) is 0 Å². The molecule has 0 saturated heterocycles. The number of nitro groups is 1. The van der Waals surface area contributed by atoms with Gasteiger partial charge in [-0.2, -0.15) is 0 Å². The summed E-state index contributed by atoms with van der Waals surface area (Å²) in [4.78, 5) is 24.9. The molecule has 0 spiro atoms. The first-order valence-corrected chi connectivity index (χ1v) is 7.58. The molecule has 1 amide bonds. The van der Waals surface area contributed by atoms with Crippen molar-refractivity contribution in [2.45, 2.75) is 6.92 Å². The Bertz CT molecular complexity index is 1030. The molecule has 0 aliphatic rings. The van der Waals surface area contributed by atoms with Gasteiger partial charge in [-0.05, 0) is 25.1 Å². The molecular weight excluding hydrogens is 340 g/mol. The number of para-hydroxylation sites is 2. The third-order valence-electron chi connectivity index (χ3n) is 3.58. The fraction of sp³-hybridized carbons (Fsp3) is 0.118. The van der Waals surface area contributed by atoms with Crippen molar-refractivity contribution in [2.24, 2.45) is 10.2 Å². The number of amides is 1. The van der Waals surface area contributed by atoms with Crippen LogP contribution in [0.5, 0.6) is 11.6 Å². The number of nitrogens with zero attached hydrogens (tertiary/aromatic N) is 3. The Morgan fingerprint density at radius 1 is 1.31 bits per heavy atom. The van der Waals surface area contributed by atoms with Crippen LogP contribution in [0.25, 0.3) is 10.9 Å². The largest absolute Gasteiger partial charge is 0.493 e. The highest BCUT2D eigenvalue weighted by molar-refractivity contribution is 5.94. The van der Waals surface area contributed by atoms with E-state index in [1.165, 1.54) is 18.2 Å². The molecular formula is C17H14N4O5. The number of ether oxygens (including phenoxy) is 1. The molecule has 0 bridgehead atoms. The lowest BCUT2D eigenvalue weighted by atomic mass is 10.2. The average Bonchev–Trinajstić information content (AvgIpc) is 2.92. The molecule has 2 N–H and O–H groups in total. The smallest absolute Gasteiger partial charge is 0.310 e. The molecule has 0 radical (unpaired) electrons. The third-order valence-corrected chi connectivity index (χ3v) is 3.58. The van der Waals surface area contributed by atoms with Gasteiger partial charge in [0.1, 0.15) is 0 Å². The average molecular weight is 354 g/mol. The quantitative estimate of drug-likeness (QED) is 0.409. The van der Waals surface area contributed by atoms with Crippen molar-refractivity contribution >= 4 is 28.2 Å². The normalized spacial score (nSPS) is 11.1. The number of aryl methyl sites for hydroxylation is 1. The summed E-state index contributed by atoms with van der Waals surface area (Å²) >= 11 is 0. The van der Waals surface area contributed by atoms with Crippen LogP contribution >= 0.6 is 0 Å². The summed E-state index contributed by atoms with van der Waals surface area (Å²) < 4.78 is 5.15. The van der Waals surface area contributed by atoms with Crippen LogP contribution in [0.1, 0.15) is 5.56 Å². The molecule has 0 aliphatic heterocycles. The number of azo groups is 1. The highest BCUT2D eigenvalue weighted by Gasteiger charge is 2.15. The lowest BCUT2D eigenvalue weighted by Crippen LogP contribution is -2.09. The van der Waals surface area contributed by atoms with E-state index in [0.717, 1.165) is 5.56 Å². The first kappa shape index (κ1) is 17.1. The van der Waals surface area contributed by atoms with Gasteiger partial charge in [0.05, 0.1) is 10.4 Å². The number of carbonyl (C=O) groups is 1. The van der Waals surface area contributed by atoms with Gasteiger partial charge in [0, 0.05) is 11.5 Å². The maximum atomic E-state index is 11.9. The highest BCUT2D eigenvalue weighted by atomic mass is 16.6. The summed E-state index contributed by atoms with van der Waals surface area (Å²) in [6, 6.07) is 11.2. The second kappa shape index (κ2) is 7.01. The van der Waals surface area contributed by atoms with E-state index in [0.29, 0.717) is 10.9 Å². The predicted octanol–water partition coefficient (Wildman–Crippen LogP) is 3.78. The van der Waals surface area contributed by atoms with Crippen molar-refractivity contribution in [3.63, 3.8) is 0 Å². The Labute approximate surface area is 147 Å². The minimum atomic E-state index is -0.746. The van der Waals surface area contributed by atoms with Crippen LogP contribution in [0, 0.1) is 17.0 Å². The van der Waals surface area contributed by atoms with E-state index in [9.17, 15) is 20.0 Å². The number of hydrogen-bond acceptors (Lipinski definition) is 6. The van der Waals surface area contributed by atoms with Gasteiger partial charge < -0.3 is 14.8 Å². The van der Waals surface area contributed by atoms with Crippen LogP contribution in [0.4, 0.5) is 11.4 Å². The highest BCUT2D eigenvalue weighted by Crippen LogP contribution is 2.35. The van der Waals surface area contributed by atoms with Crippen LogP contribution in [0.15, 0.2) is 52.7 Å². The molecule has 3 rings (SSSR count). The number of hydrogen-bond donors (Lipinski definition) is 2. The van der Waals surface area contributed by atoms with Crippen molar-refractivity contribution in [3.8, 4) is 11.6 Å². The van der Waals surface area contributed by atoms with Crippen LogP contribution < -0.4 is 4.74 Å². The molecule has 0 saturated carbocycles. The Kier molecular flexibility index (Phi) is 4.61. The van der Waals surface area contributed by atoms with Gasteiger partial charge in [-0.3, -0.25) is 14.9 Å². The van der Waals surface area contributed by atoms with Gasteiger partial charge in [-0.1, -0.05) is 23.8 Å². The van der Waals surface area contributed by atoms with E-state index in [1.54, 1.807) is 18.2 Å². The summed E-state index contributed by atoms with van der Waals surface area (Å²) in [5, 5.41) is 28.7. The number of aromatic hydroxyl groups is 1. The molecule has 9 nitrogen and oxygen atoms in total. The Hall–Kier alpha value is -3.75. The molecule has 0 fully saturated rings. The number of nitro benzene ring substituents is 1. The minimum Gasteiger partial charge on any atom is -0.493 e. The predicted molar refractivity (Wildman–Crippen MR) is 92.8 cm³/mol. The number of benzene rings is 2. The molecule has 0 unspecified atom stereocenters. The second-order valence-electron chi connectivity index (χ2n) is 5.48. The SMILES string of the molecule is Cc1ccc2[nH]c(O)c(N=NC(=O)COc3ccccc3[N+](=O)[O-])c2c1. The summed E-state index contributed by atoms with van der Waals surface area (Å²) in [7, 11) is 0. The van der Waals surface area contributed by atoms with Crippen molar-refractivity contribution < 1.29 is 19.6 Å². The Balaban J connectivity index is 1.74. The van der Waals surface area contributed by atoms with Gasteiger partial charge in [0.25, 0.3) is 0 Å². The monoisotopic (exact) mass is 354 g/mol. The number of fused-ring (bicyclic) bond motifs is 1. The van der Waals surface area contributed by atoms with Crippen molar-refractivity contribution in [3.05, 3.63) is 58.1 Å². The standard InChI is InChI=1S/C17H14N4O5/c1-10-6-7-12-11(8-10)16(17(23)18-12)20-19-15(22)9-26-14-5-3-2-4-13(14)21(24)25/h2-8,18,23H,9H2,1H3. The number of H-pyrrole nitrogens is 1. The minimum absolute atomic E-state index is 0.0355. The number of nitrogens with one attached hydrogen (secondary N) is 1.